The first kappa shape index (κ1) is 21.6. The molecular formula is C19H19ClF2N2O4S. The van der Waals surface area contributed by atoms with Crippen LogP contribution in [0.2, 0.25) is 5.02 Å². The van der Waals surface area contributed by atoms with Gasteiger partial charge in [-0.2, -0.15) is 4.31 Å². The minimum Gasteiger partial charge on any atom is -0.392 e. The molecule has 2 aromatic carbocycles. The standard InChI is InChI=1S/C19H19ClF2N2O4S/c20-15-10-13(5-7-16(15)21)23-19(26)12-4-6-17(22)18(9-12)29(27,28)24-8-2-1-3-14(25)11-24/h4-7,9-10,14,25H,1-3,8,11H2,(H,23,26)/t14-/m0/s1. The van der Waals surface area contributed by atoms with Crippen molar-refractivity contribution in [2.24, 2.45) is 0 Å². The van der Waals surface area contributed by atoms with Crippen LogP contribution in [-0.4, -0.2) is 42.9 Å². The van der Waals surface area contributed by atoms with E-state index < -0.39 is 38.6 Å². The minimum absolute atomic E-state index is 0.0965. The monoisotopic (exact) mass is 444 g/mol. The summed E-state index contributed by atoms with van der Waals surface area (Å²) in [5.41, 5.74) is 0.103. The lowest BCUT2D eigenvalue weighted by molar-refractivity contribution is 0.102. The molecule has 1 heterocycles. The number of anilines is 1. The number of hydrogen-bond acceptors (Lipinski definition) is 4. The van der Waals surface area contributed by atoms with Crippen molar-refractivity contribution >= 4 is 33.2 Å². The van der Waals surface area contributed by atoms with Crippen LogP contribution in [0.1, 0.15) is 29.6 Å². The molecule has 156 valence electrons. The molecule has 1 aliphatic rings. The largest absolute Gasteiger partial charge is 0.392 e. The predicted octanol–water partition coefficient (Wildman–Crippen LogP) is 3.41. The average Bonchev–Trinajstić information content (AvgIpc) is 2.90. The zero-order chi connectivity index (χ0) is 21.2. The van der Waals surface area contributed by atoms with Gasteiger partial charge in [-0.1, -0.05) is 11.6 Å². The Morgan fingerprint density at radius 2 is 1.86 bits per heavy atom. The number of β-amino-alcohol motifs (C(OH)–C–C–N with tert-alkyl or cyclic N) is 1. The molecule has 1 atom stereocenters. The van der Waals surface area contributed by atoms with Gasteiger partial charge in [0.05, 0.1) is 11.1 Å². The number of hydrogen-bond donors (Lipinski definition) is 2. The Kier molecular flexibility index (Phi) is 6.52. The van der Waals surface area contributed by atoms with Gasteiger partial charge < -0.3 is 10.4 Å². The number of carbonyl (C=O) groups excluding carboxylic acids is 1. The average molecular weight is 445 g/mol. The fourth-order valence-corrected chi connectivity index (χ4v) is 4.85. The van der Waals surface area contributed by atoms with Gasteiger partial charge >= 0.3 is 0 Å². The number of nitrogens with one attached hydrogen (secondary N) is 1. The molecule has 29 heavy (non-hydrogen) atoms. The molecule has 1 saturated heterocycles. The third-order valence-electron chi connectivity index (χ3n) is 4.60. The SMILES string of the molecule is O=C(Nc1ccc(F)c(Cl)c1)c1ccc(F)c(S(=O)(=O)N2CCCC[C@H](O)C2)c1. The zero-order valence-corrected chi connectivity index (χ0v) is 16.8. The fourth-order valence-electron chi connectivity index (χ4n) is 3.06. The molecule has 0 radical (unpaired) electrons. The summed E-state index contributed by atoms with van der Waals surface area (Å²) >= 11 is 5.68. The van der Waals surface area contributed by atoms with E-state index in [0.29, 0.717) is 19.3 Å². The third-order valence-corrected chi connectivity index (χ3v) is 6.77. The summed E-state index contributed by atoms with van der Waals surface area (Å²) in [6, 6.07) is 6.55. The smallest absolute Gasteiger partial charge is 0.255 e. The van der Waals surface area contributed by atoms with E-state index in [4.69, 9.17) is 11.6 Å². The van der Waals surface area contributed by atoms with E-state index >= 15 is 0 Å². The van der Waals surface area contributed by atoms with Gasteiger partial charge in [0.1, 0.15) is 16.5 Å². The number of aliphatic hydroxyl groups is 1. The first-order valence-corrected chi connectivity index (χ1v) is 10.7. The molecule has 0 unspecified atom stereocenters. The summed E-state index contributed by atoms with van der Waals surface area (Å²) in [4.78, 5) is 11.8. The molecule has 0 spiro atoms. The van der Waals surface area contributed by atoms with Gasteiger partial charge in [-0.25, -0.2) is 17.2 Å². The number of rotatable bonds is 4. The van der Waals surface area contributed by atoms with Crippen LogP contribution in [0.3, 0.4) is 0 Å². The summed E-state index contributed by atoms with van der Waals surface area (Å²) in [6.45, 7) is 0.0234. The van der Waals surface area contributed by atoms with E-state index in [2.05, 4.69) is 5.32 Å². The van der Waals surface area contributed by atoms with Crippen LogP contribution in [0.4, 0.5) is 14.5 Å². The summed E-state index contributed by atoms with van der Waals surface area (Å²) in [5, 5.41) is 12.2. The molecule has 0 aromatic heterocycles. The molecule has 0 bridgehead atoms. The lowest BCUT2D eigenvalue weighted by Crippen LogP contribution is -2.36. The van der Waals surface area contributed by atoms with Gasteiger partial charge in [0.15, 0.2) is 0 Å². The molecule has 6 nitrogen and oxygen atoms in total. The first-order chi connectivity index (χ1) is 13.7. The number of halogens is 3. The summed E-state index contributed by atoms with van der Waals surface area (Å²) in [5.74, 6) is -2.36. The Morgan fingerprint density at radius 3 is 2.59 bits per heavy atom. The van der Waals surface area contributed by atoms with Crippen LogP contribution in [0.5, 0.6) is 0 Å². The number of carbonyl (C=O) groups is 1. The number of benzene rings is 2. The van der Waals surface area contributed by atoms with Crippen LogP contribution >= 0.6 is 11.6 Å². The minimum atomic E-state index is -4.24. The van der Waals surface area contributed by atoms with E-state index in [9.17, 15) is 27.1 Å². The molecule has 1 aliphatic heterocycles. The molecule has 0 saturated carbocycles. The Labute approximate surface area is 172 Å². The topological polar surface area (TPSA) is 86.7 Å². The predicted molar refractivity (Wildman–Crippen MR) is 104 cm³/mol. The number of nitrogens with zero attached hydrogens (tertiary/aromatic N) is 1. The van der Waals surface area contributed by atoms with Crippen molar-refractivity contribution < 1.29 is 27.1 Å². The summed E-state index contributed by atoms with van der Waals surface area (Å²) in [6.07, 6.45) is 0.851. The van der Waals surface area contributed by atoms with Crippen molar-refractivity contribution in [2.45, 2.75) is 30.3 Å². The van der Waals surface area contributed by atoms with E-state index in [1.807, 2.05) is 0 Å². The zero-order valence-electron chi connectivity index (χ0n) is 15.2. The highest BCUT2D eigenvalue weighted by atomic mass is 35.5. The van der Waals surface area contributed by atoms with Gasteiger partial charge in [0.2, 0.25) is 10.0 Å². The highest BCUT2D eigenvalue weighted by Gasteiger charge is 2.31. The first-order valence-electron chi connectivity index (χ1n) is 8.92. The molecule has 1 amide bonds. The second-order valence-electron chi connectivity index (χ2n) is 6.74. The van der Waals surface area contributed by atoms with Gasteiger partial charge in [0, 0.05) is 24.3 Å². The molecular weight excluding hydrogens is 426 g/mol. The molecule has 10 heteroatoms. The molecule has 1 fully saturated rings. The van der Waals surface area contributed by atoms with Crippen molar-refractivity contribution in [3.63, 3.8) is 0 Å². The quantitative estimate of drug-likeness (QED) is 0.756. The lowest BCUT2D eigenvalue weighted by atomic mass is 10.2. The maximum Gasteiger partial charge on any atom is 0.255 e. The van der Waals surface area contributed by atoms with Crippen LogP contribution in [0.15, 0.2) is 41.3 Å². The second-order valence-corrected chi connectivity index (χ2v) is 9.05. The van der Waals surface area contributed by atoms with E-state index in [1.165, 1.54) is 12.1 Å². The van der Waals surface area contributed by atoms with Gasteiger partial charge in [-0.05, 0) is 55.7 Å². The van der Waals surface area contributed by atoms with E-state index in [0.717, 1.165) is 28.6 Å². The summed E-state index contributed by atoms with van der Waals surface area (Å²) < 4.78 is 54.4. The Bertz CT molecular complexity index is 1030. The van der Waals surface area contributed by atoms with Crippen molar-refractivity contribution in [3.05, 3.63) is 58.6 Å². The Morgan fingerprint density at radius 1 is 1.14 bits per heavy atom. The van der Waals surface area contributed by atoms with Crippen molar-refractivity contribution in [2.75, 3.05) is 18.4 Å². The second kappa shape index (κ2) is 8.74. The maximum absolute atomic E-state index is 14.3. The van der Waals surface area contributed by atoms with Gasteiger partial charge in [0.25, 0.3) is 5.91 Å². The molecule has 0 aliphatic carbocycles. The van der Waals surface area contributed by atoms with Crippen molar-refractivity contribution in [3.8, 4) is 0 Å². The van der Waals surface area contributed by atoms with Crippen LogP contribution < -0.4 is 5.32 Å². The van der Waals surface area contributed by atoms with Gasteiger partial charge in [-0.15, -0.1) is 0 Å². The number of aliphatic hydroxyl groups excluding tert-OH is 1. The summed E-state index contributed by atoms with van der Waals surface area (Å²) in [7, 11) is -4.24. The fraction of sp³-hybridized carbons (Fsp3) is 0.316. The number of amides is 1. The van der Waals surface area contributed by atoms with Crippen molar-refractivity contribution in [1.29, 1.82) is 0 Å². The number of sulfonamides is 1. The lowest BCUT2D eigenvalue weighted by Gasteiger charge is -2.22. The van der Waals surface area contributed by atoms with E-state index in [1.54, 1.807) is 0 Å². The molecule has 3 rings (SSSR count). The highest BCUT2D eigenvalue weighted by molar-refractivity contribution is 7.89. The van der Waals surface area contributed by atoms with Crippen LogP contribution in [-0.2, 0) is 10.0 Å². The normalized spacial score (nSPS) is 18.3. The third kappa shape index (κ3) is 4.92. The van der Waals surface area contributed by atoms with Crippen LogP contribution in [0.25, 0.3) is 0 Å². The van der Waals surface area contributed by atoms with Crippen molar-refractivity contribution in [1.82, 2.24) is 4.31 Å². The molecule has 2 aromatic rings. The Hall–Kier alpha value is -2.07. The maximum atomic E-state index is 14.3. The van der Waals surface area contributed by atoms with Crippen LogP contribution in [0, 0.1) is 11.6 Å². The Balaban J connectivity index is 1.88. The highest BCUT2D eigenvalue weighted by Crippen LogP contribution is 2.25. The molecule has 2 N–H and O–H groups in total. The van der Waals surface area contributed by atoms with E-state index in [-0.39, 0.29) is 29.4 Å². The van der Waals surface area contributed by atoms with Gasteiger partial charge in [-0.3, -0.25) is 4.79 Å².